The lowest BCUT2D eigenvalue weighted by Gasteiger charge is -2.11. The second-order valence-electron chi connectivity index (χ2n) is 4.83. The van der Waals surface area contributed by atoms with E-state index in [-0.39, 0.29) is 6.42 Å². The smallest absolute Gasteiger partial charge is 0.233 e. The molecular weight excluding hydrogens is 351 g/mol. The van der Waals surface area contributed by atoms with Crippen LogP contribution in [0.5, 0.6) is 5.75 Å². The third-order valence-corrected chi connectivity index (χ3v) is 3.54. The molecule has 0 atom stereocenters. The molecule has 2 rings (SSSR count). The number of para-hydroxylation sites is 2. The highest BCUT2D eigenvalue weighted by Crippen LogP contribution is 2.26. The van der Waals surface area contributed by atoms with E-state index in [9.17, 15) is 9.59 Å². The van der Waals surface area contributed by atoms with Crippen LogP contribution in [0.4, 0.5) is 11.4 Å². The van der Waals surface area contributed by atoms with Gasteiger partial charge in [0.25, 0.3) is 0 Å². The van der Waals surface area contributed by atoms with Crippen molar-refractivity contribution in [3.8, 4) is 5.75 Å². The van der Waals surface area contributed by atoms with Gasteiger partial charge in [-0.1, -0.05) is 35.3 Å². The average molecular weight is 367 g/mol. The number of anilines is 2. The predicted molar refractivity (Wildman–Crippen MR) is 95.9 cm³/mol. The number of nitrogens with one attached hydrogen (secondary N) is 2. The van der Waals surface area contributed by atoms with E-state index in [0.29, 0.717) is 33.8 Å². The van der Waals surface area contributed by atoms with Crippen molar-refractivity contribution < 1.29 is 14.3 Å². The van der Waals surface area contributed by atoms with Gasteiger partial charge < -0.3 is 15.4 Å². The standard InChI is InChI=1S/C17H16Cl2N2O3/c1-2-24-15-6-4-3-5-14(15)21-17(23)10-16(22)20-13-8-7-11(18)9-12(13)19/h3-9H,2,10H2,1H3,(H,20,22)(H,21,23). The van der Waals surface area contributed by atoms with E-state index in [1.165, 1.54) is 6.07 Å². The summed E-state index contributed by atoms with van der Waals surface area (Å²) < 4.78 is 5.42. The van der Waals surface area contributed by atoms with Gasteiger partial charge in [0.15, 0.2) is 0 Å². The van der Waals surface area contributed by atoms with E-state index in [1.807, 2.05) is 6.92 Å². The van der Waals surface area contributed by atoms with Gasteiger partial charge in [-0.05, 0) is 37.3 Å². The molecule has 0 fully saturated rings. The minimum absolute atomic E-state index is 0.304. The van der Waals surface area contributed by atoms with Crippen LogP contribution in [0.2, 0.25) is 10.0 Å². The van der Waals surface area contributed by atoms with Crippen molar-refractivity contribution >= 4 is 46.4 Å². The summed E-state index contributed by atoms with van der Waals surface area (Å²) in [4.78, 5) is 24.0. The molecule has 0 saturated carbocycles. The molecule has 0 unspecified atom stereocenters. The summed E-state index contributed by atoms with van der Waals surface area (Å²) in [6.45, 7) is 2.32. The third-order valence-electron chi connectivity index (χ3n) is 2.99. The first-order valence-corrected chi connectivity index (χ1v) is 8.01. The SMILES string of the molecule is CCOc1ccccc1NC(=O)CC(=O)Nc1ccc(Cl)cc1Cl. The van der Waals surface area contributed by atoms with Crippen molar-refractivity contribution in [3.05, 3.63) is 52.5 Å². The van der Waals surface area contributed by atoms with Crippen LogP contribution in [0.3, 0.4) is 0 Å². The molecule has 0 aliphatic rings. The van der Waals surface area contributed by atoms with Crippen molar-refractivity contribution in [1.29, 1.82) is 0 Å². The molecule has 0 heterocycles. The molecule has 0 aromatic heterocycles. The summed E-state index contributed by atoms with van der Waals surface area (Å²) in [6.07, 6.45) is -0.348. The Morgan fingerprint density at radius 2 is 1.67 bits per heavy atom. The largest absolute Gasteiger partial charge is 0.492 e. The topological polar surface area (TPSA) is 67.4 Å². The van der Waals surface area contributed by atoms with Crippen LogP contribution in [-0.2, 0) is 9.59 Å². The highest BCUT2D eigenvalue weighted by Gasteiger charge is 2.13. The zero-order chi connectivity index (χ0) is 17.5. The van der Waals surface area contributed by atoms with Crippen LogP contribution in [0.15, 0.2) is 42.5 Å². The Bertz CT molecular complexity index is 750. The molecule has 0 saturated heterocycles. The molecular formula is C17H16Cl2N2O3. The third kappa shape index (κ3) is 5.15. The van der Waals surface area contributed by atoms with Crippen LogP contribution in [0, 0.1) is 0 Å². The summed E-state index contributed by atoms with van der Waals surface area (Å²) in [5, 5.41) is 5.99. The number of carbonyl (C=O) groups excluding carboxylic acids is 2. The lowest BCUT2D eigenvalue weighted by molar-refractivity contribution is -0.123. The first-order valence-electron chi connectivity index (χ1n) is 7.26. The first-order chi connectivity index (χ1) is 11.5. The highest BCUT2D eigenvalue weighted by atomic mass is 35.5. The van der Waals surface area contributed by atoms with Gasteiger partial charge in [0.05, 0.1) is 23.0 Å². The average Bonchev–Trinajstić information content (AvgIpc) is 2.52. The molecule has 0 aliphatic carbocycles. The molecule has 0 bridgehead atoms. The normalized spacial score (nSPS) is 10.1. The van der Waals surface area contributed by atoms with Crippen molar-refractivity contribution in [2.75, 3.05) is 17.2 Å². The van der Waals surface area contributed by atoms with E-state index >= 15 is 0 Å². The maximum atomic E-state index is 12.0. The van der Waals surface area contributed by atoms with Gasteiger partial charge in [-0.15, -0.1) is 0 Å². The molecule has 0 radical (unpaired) electrons. The number of rotatable bonds is 6. The van der Waals surface area contributed by atoms with Gasteiger partial charge in [0.1, 0.15) is 12.2 Å². The van der Waals surface area contributed by atoms with Gasteiger partial charge in [0, 0.05) is 5.02 Å². The van der Waals surface area contributed by atoms with Crippen LogP contribution < -0.4 is 15.4 Å². The van der Waals surface area contributed by atoms with Crippen molar-refractivity contribution in [3.63, 3.8) is 0 Å². The molecule has 126 valence electrons. The lowest BCUT2D eigenvalue weighted by Crippen LogP contribution is -2.21. The Balaban J connectivity index is 1.96. The van der Waals surface area contributed by atoms with Crippen molar-refractivity contribution in [2.24, 2.45) is 0 Å². The fraction of sp³-hybridized carbons (Fsp3) is 0.176. The fourth-order valence-corrected chi connectivity index (χ4v) is 2.43. The van der Waals surface area contributed by atoms with Gasteiger partial charge in [-0.25, -0.2) is 0 Å². The van der Waals surface area contributed by atoms with Gasteiger partial charge in [-0.2, -0.15) is 0 Å². The highest BCUT2D eigenvalue weighted by molar-refractivity contribution is 6.36. The second-order valence-corrected chi connectivity index (χ2v) is 5.67. The number of carbonyl (C=O) groups is 2. The molecule has 2 N–H and O–H groups in total. The zero-order valence-corrected chi connectivity index (χ0v) is 14.4. The van der Waals surface area contributed by atoms with Crippen LogP contribution in [-0.4, -0.2) is 18.4 Å². The molecule has 0 spiro atoms. The van der Waals surface area contributed by atoms with Crippen LogP contribution in [0.1, 0.15) is 13.3 Å². The molecule has 2 aromatic rings. The van der Waals surface area contributed by atoms with Crippen molar-refractivity contribution in [2.45, 2.75) is 13.3 Å². The lowest BCUT2D eigenvalue weighted by atomic mass is 10.2. The van der Waals surface area contributed by atoms with E-state index in [4.69, 9.17) is 27.9 Å². The Morgan fingerprint density at radius 1 is 1.00 bits per heavy atom. The maximum absolute atomic E-state index is 12.0. The van der Waals surface area contributed by atoms with Gasteiger partial charge in [0.2, 0.25) is 11.8 Å². The number of amides is 2. The Kier molecular flexibility index (Phi) is 6.46. The summed E-state index contributed by atoms with van der Waals surface area (Å²) in [5.41, 5.74) is 0.912. The van der Waals surface area contributed by atoms with E-state index in [0.717, 1.165) is 0 Å². The predicted octanol–water partition coefficient (Wildman–Crippen LogP) is 4.36. The Labute approximate surface area is 149 Å². The summed E-state index contributed by atoms with van der Waals surface area (Å²) in [6, 6.07) is 11.7. The first kappa shape index (κ1) is 18.1. The number of halogens is 2. The molecule has 5 nitrogen and oxygen atoms in total. The summed E-state index contributed by atoms with van der Waals surface area (Å²) in [7, 11) is 0. The summed E-state index contributed by atoms with van der Waals surface area (Å²) in [5.74, 6) is -0.384. The van der Waals surface area contributed by atoms with Crippen molar-refractivity contribution in [1.82, 2.24) is 0 Å². The number of benzene rings is 2. The molecule has 0 aliphatic heterocycles. The van der Waals surface area contributed by atoms with E-state index < -0.39 is 11.8 Å². The zero-order valence-electron chi connectivity index (χ0n) is 12.9. The Morgan fingerprint density at radius 3 is 2.33 bits per heavy atom. The molecule has 2 aromatic carbocycles. The monoisotopic (exact) mass is 366 g/mol. The molecule has 24 heavy (non-hydrogen) atoms. The maximum Gasteiger partial charge on any atom is 0.233 e. The molecule has 7 heteroatoms. The fourth-order valence-electron chi connectivity index (χ4n) is 1.98. The van der Waals surface area contributed by atoms with E-state index in [1.54, 1.807) is 36.4 Å². The minimum Gasteiger partial charge on any atom is -0.492 e. The quantitative estimate of drug-likeness (QED) is 0.746. The van der Waals surface area contributed by atoms with Gasteiger partial charge in [-0.3, -0.25) is 9.59 Å². The number of ether oxygens (including phenoxy) is 1. The summed E-state index contributed by atoms with van der Waals surface area (Å²) >= 11 is 11.8. The minimum atomic E-state index is -0.481. The van der Waals surface area contributed by atoms with Crippen LogP contribution in [0.25, 0.3) is 0 Å². The van der Waals surface area contributed by atoms with Crippen LogP contribution >= 0.6 is 23.2 Å². The number of hydrogen-bond acceptors (Lipinski definition) is 3. The number of hydrogen-bond donors (Lipinski definition) is 2. The van der Waals surface area contributed by atoms with Gasteiger partial charge >= 0.3 is 0 Å². The van der Waals surface area contributed by atoms with E-state index in [2.05, 4.69) is 10.6 Å². The Hall–Kier alpha value is -2.24. The second kappa shape index (κ2) is 8.57. The molecule has 2 amide bonds.